The minimum Gasteiger partial charge on any atom is -0.363 e. The smallest absolute Gasteiger partial charge is 0.150 e. The van der Waals surface area contributed by atoms with E-state index in [0.717, 1.165) is 23.0 Å². The Balaban J connectivity index is 2.08. The fourth-order valence-electron chi connectivity index (χ4n) is 0.811. The maximum atomic E-state index is 5.10. The van der Waals surface area contributed by atoms with Crippen molar-refractivity contribution in [3.05, 3.63) is 18.2 Å². The van der Waals surface area contributed by atoms with Crippen LogP contribution in [0.25, 0.3) is 0 Å². The van der Waals surface area contributed by atoms with Crippen LogP contribution in [-0.4, -0.2) is 39.8 Å². The number of nitrogens with zero attached hydrogens (tertiary/aromatic N) is 2. The van der Waals surface area contributed by atoms with Crippen molar-refractivity contribution in [2.45, 2.75) is 6.42 Å². The van der Waals surface area contributed by atoms with Crippen molar-refractivity contribution in [1.82, 2.24) is 19.6 Å². The van der Waals surface area contributed by atoms with Gasteiger partial charge in [0, 0.05) is 39.0 Å². The van der Waals surface area contributed by atoms with Crippen LogP contribution in [0.3, 0.4) is 0 Å². The van der Waals surface area contributed by atoms with Gasteiger partial charge in [0.05, 0.1) is 6.33 Å². The molecule has 14 heavy (non-hydrogen) atoms. The Kier molecular flexibility index (Phi) is 4.92. The molecule has 0 unspecified atom stereocenters. The van der Waals surface area contributed by atoms with E-state index in [4.69, 9.17) is 12.2 Å². The van der Waals surface area contributed by atoms with Crippen molar-refractivity contribution in [2.24, 2.45) is 0 Å². The summed E-state index contributed by atoms with van der Waals surface area (Å²) in [7, 11) is 3.87. The predicted octanol–water partition coefficient (Wildman–Crippen LogP) is 1.04. The van der Waals surface area contributed by atoms with Crippen LogP contribution in [0.4, 0.5) is 0 Å². The summed E-state index contributed by atoms with van der Waals surface area (Å²) in [5.74, 6) is 0. The standard InChI is InChI=1S/C8H14N4S2/c1-12(2)8(13)14-11-4-3-7-5-9-6-10-7/h5-6,11H,3-4H2,1-2H3,(H,9,10). The highest BCUT2D eigenvalue weighted by atomic mass is 32.2. The molecule has 0 bridgehead atoms. The zero-order chi connectivity index (χ0) is 10.4. The number of nitrogens with one attached hydrogen (secondary N) is 2. The Bertz CT molecular complexity index is 271. The molecule has 0 fully saturated rings. The SMILES string of the molecule is CN(C)C(=S)SNCCc1cnc[nH]1. The first-order chi connectivity index (χ1) is 6.70. The molecule has 0 spiro atoms. The van der Waals surface area contributed by atoms with Crippen molar-refractivity contribution in [3.63, 3.8) is 0 Å². The summed E-state index contributed by atoms with van der Waals surface area (Å²) >= 11 is 6.58. The number of thiocarbonyl (C=S) groups is 1. The van der Waals surface area contributed by atoms with Gasteiger partial charge in [-0.3, -0.25) is 4.72 Å². The maximum absolute atomic E-state index is 5.10. The van der Waals surface area contributed by atoms with E-state index in [1.165, 1.54) is 11.9 Å². The average molecular weight is 230 g/mol. The van der Waals surface area contributed by atoms with Crippen molar-refractivity contribution in [2.75, 3.05) is 20.6 Å². The maximum Gasteiger partial charge on any atom is 0.150 e. The molecule has 2 N–H and O–H groups in total. The van der Waals surface area contributed by atoms with Gasteiger partial charge in [0.1, 0.15) is 0 Å². The lowest BCUT2D eigenvalue weighted by Crippen LogP contribution is -2.21. The highest BCUT2D eigenvalue weighted by Crippen LogP contribution is 2.01. The average Bonchev–Trinajstić information content (AvgIpc) is 2.64. The Morgan fingerprint density at radius 3 is 3.07 bits per heavy atom. The summed E-state index contributed by atoms with van der Waals surface area (Å²) in [6.45, 7) is 0.876. The molecule has 4 nitrogen and oxygen atoms in total. The van der Waals surface area contributed by atoms with E-state index in [2.05, 4.69) is 14.7 Å². The van der Waals surface area contributed by atoms with Crippen LogP contribution < -0.4 is 4.72 Å². The molecule has 0 aliphatic carbocycles. The van der Waals surface area contributed by atoms with Gasteiger partial charge in [-0.1, -0.05) is 12.2 Å². The van der Waals surface area contributed by atoms with Gasteiger partial charge in [-0.25, -0.2) is 4.98 Å². The second kappa shape index (κ2) is 6.00. The lowest BCUT2D eigenvalue weighted by atomic mass is 10.3. The molecule has 1 heterocycles. The molecule has 0 amide bonds. The number of aromatic amines is 1. The summed E-state index contributed by atoms with van der Waals surface area (Å²) in [6, 6.07) is 0. The van der Waals surface area contributed by atoms with Gasteiger partial charge in [0.2, 0.25) is 0 Å². The number of rotatable bonds is 4. The van der Waals surface area contributed by atoms with Crippen molar-refractivity contribution in [3.8, 4) is 0 Å². The lowest BCUT2D eigenvalue weighted by Gasteiger charge is -2.12. The molecule has 0 aliphatic rings. The monoisotopic (exact) mass is 230 g/mol. The van der Waals surface area contributed by atoms with Gasteiger partial charge >= 0.3 is 0 Å². The highest BCUT2D eigenvalue weighted by molar-refractivity contribution is 8.21. The molecule has 0 saturated carbocycles. The van der Waals surface area contributed by atoms with Crippen LogP contribution in [0.2, 0.25) is 0 Å². The summed E-state index contributed by atoms with van der Waals surface area (Å²) in [5.41, 5.74) is 1.13. The van der Waals surface area contributed by atoms with Gasteiger partial charge in [-0.05, 0) is 11.9 Å². The van der Waals surface area contributed by atoms with Gasteiger partial charge in [-0.2, -0.15) is 0 Å². The molecule has 0 radical (unpaired) electrons. The van der Waals surface area contributed by atoms with Crippen LogP contribution in [0.1, 0.15) is 5.69 Å². The predicted molar refractivity (Wildman–Crippen MR) is 64.2 cm³/mol. The van der Waals surface area contributed by atoms with E-state index in [-0.39, 0.29) is 0 Å². The fraction of sp³-hybridized carbons (Fsp3) is 0.500. The molecule has 0 aromatic carbocycles. The van der Waals surface area contributed by atoms with Crippen molar-refractivity contribution < 1.29 is 0 Å². The molecule has 0 aliphatic heterocycles. The van der Waals surface area contributed by atoms with Crippen molar-refractivity contribution in [1.29, 1.82) is 0 Å². The largest absolute Gasteiger partial charge is 0.363 e. The molecule has 78 valence electrons. The quantitative estimate of drug-likeness (QED) is 0.459. The third kappa shape index (κ3) is 4.08. The Morgan fingerprint density at radius 1 is 1.71 bits per heavy atom. The summed E-state index contributed by atoms with van der Waals surface area (Å²) in [6.07, 6.45) is 4.45. The summed E-state index contributed by atoms with van der Waals surface area (Å²) in [5, 5.41) is 0. The van der Waals surface area contributed by atoms with Crippen LogP contribution in [0.15, 0.2) is 12.5 Å². The third-order valence-electron chi connectivity index (χ3n) is 1.58. The number of aromatic nitrogens is 2. The topological polar surface area (TPSA) is 44.0 Å². The minimum absolute atomic E-state index is 0.842. The number of hydrogen-bond donors (Lipinski definition) is 2. The van der Waals surface area contributed by atoms with E-state index in [0.29, 0.717) is 0 Å². The van der Waals surface area contributed by atoms with Crippen LogP contribution in [-0.2, 0) is 6.42 Å². The number of imidazole rings is 1. The fourth-order valence-corrected chi connectivity index (χ4v) is 1.50. The number of H-pyrrole nitrogens is 1. The normalized spacial score (nSPS) is 10.1. The van der Waals surface area contributed by atoms with Gasteiger partial charge in [0.15, 0.2) is 4.32 Å². The molecule has 1 rings (SSSR count). The Hall–Kier alpha value is -0.590. The zero-order valence-electron chi connectivity index (χ0n) is 8.28. The summed E-state index contributed by atoms with van der Waals surface area (Å²) in [4.78, 5) is 8.89. The van der Waals surface area contributed by atoms with E-state index < -0.39 is 0 Å². The van der Waals surface area contributed by atoms with Gasteiger partial charge < -0.3 is 9.88 Å². The molecule has 6 heteroatoms. The molecule has 0 saturated heterocycles. The van der Waals surface area contributed by atoms with Crippen molar-refractivity contribution >= 4 is 28.5 Å². The van der Waals surface area contributed by atoms with Crippen LogP contribution in [0.5, 0.6) is 0 Å². The van der Waals surface area contributed by atoms with Gasteiger partial charge in [0.25, 0.3) is 0 Å². The van der Waals surface area contributed by atoms with E-state index in [1.54, 1.807) is 6.33 Å². The second-order valence-corrected chi connectivity index (χ2v) is 4.51. The third-order valence-corrected chi connectivity index (χ3v) is 3.08. The van der Waals surface area contributed by atoms with E-state index in [1.807, 2.05) is 25.2 Å². The Labute approximate surface area is 93.6 Å². The molecular weight excluding hydrogens is 216 g/mol. The van der Waals surface area contributed by atoms with Gasteiger partial charge in [-0.15, -0.1) is 0 Å². The zero-order valence-corrected chi connectivity index (χ0v) is 9.91. The molecular formula is C8H14N4S2. The lowest BCUT2D eigenvalue weighted by molar-refractivity contribution is 0.647. The number of hydrogen-bond acceptors (Lipinski definition) is 4. The summed E-state index contributed by atoms with van der Waals surface area (Å²) < 4.78 is 4.03. The Morgan fingerprint density at radius 2 is 2.50 bits per heavy atom. The highest BCUT2D eigenvalue weighted by Gasteiger charge is 1.99. The molecule has 0 atom stereocenters. The minimum atomic E-state index is 0.842. The first kappa shape index (κ1) is 11.5. The first-order valence-electron chi connectivity index (χ1n) is 4.28. The molecule has 1 aromatic rings. The van der Waals surface area contributed by atoms with Crippen LogP contribution >= 0.6 is 24.2 Å². The van der Waals surface area contributed by atoms with E-state index >= 15 is 0 Å². The molecule has 1 aromatic heterocycles. The first-order valence-corrected chi connectivity index (χ1v) is 5.51. The van der Waals surface area contributed by atoms with Crippen LogP contribution in [0, 0.1) is 0 Å². The second-order valence-electron chi connectivity index (χ2n) is 2.98. The van der Waals surface area contributed by atoms with E-state index in [9.17, 15) is 0 Å².